The van der Waals surface area contributed by atoms with Gasteiger partial charge in [0.25, 0.3) is 0 Å². The lowest BCUT2D eigenvalue weighted by Gasteiger charge is -2.16. The van der Waals surface area contributed by atoms with Crippen LogP contribution < -0.4 is 0 Å². The van der Waals surface area contributed by atoms with Gasteiger partial charge < -0.3 is 4.74 Å². The van der Waals surface area contributed by atoms with E-state index in [0.717, 1.165) is 6.42 Å². The summed E-state index contributed by atoms with van der Waals surface area (Å²) in [5.74, 6) is 0.00373. The Hall–Kier alpha value is -1.61. The molecule has 0 amide bonds. The zero-order valence-corrected chi connectivity index (χ0v) is 10.8. The van der Waals surface area contributed by atoms with Gasteiger partial charge in [0.2, 0.25) is 0 Å². The van der Waals surface area contributed by atoms with Gasteiger partial charge in [0.05, 0.1) is 10.6 Å². The average molecular weight is 265 g/mol. The molecule has 0 saturated carbocycles. The van der Waals surface area contributed by atoms with Crippen molar-refractivity contribution in [3.8, 4) is 0 Å². The molecule has 0 unspecified atom stereocenters. The number of carbonyl (C=O) groups is 2. The highest BCUT2D eigenvalue weighted by Gasteiger charge is 2.21. The van der Waals surface area contributed by atoms with Crippen molar-refractivity contribution in [3.63, 3.8) is 0 Å². The predicted molar refractivity (Wildman–Crippen MR) is 68.4 cm³/mol. The smallest absolute Gasteiger partial charge is 0.344 e. The van der Waals surface area contributed by atoms with E-state index in [4.69, 9.17) is 16.3 Å². The van der Waals surface area contributed by atoms with Crippen LogP contribution in [0.25, 0.3) is 0 Å². The predicted octanol–water partition coefficient (Wildman–Crippen LogP) is 3.52. The van der Waals surface area contributed by atoms with Crippen molar-refractivity contribution in [2.24, 2.45) is 0 Å². The van der Waals surface area contributed by atoms with Gasteiger partial charge in [0, 0.05) is 18.4 Å². The highest BCUT2D eigenvalue weighted by Crippen LogP contribution is 2.25. The van der Waals surface area contributed by atoms with Crippen molar-refractivity contribution in [3.05, 3.63) is 46.2 Å². The monoisotopic (exact) mass is 264 g/mol. The molecule has 94 valence electrons. The molecule has 0 fully saturated rings. The molecule has 2 rings (SSSR count). The van der Waals surface area contributed by atoms with Crippen LogP contribution in [0.1, 0.15) is 36.5 Å². The number of allylic oxidation sites excluding steroid dienone is 2. The summed E-state index contributed by atoms with van der Waals surface area (Å²) in [6.45, 7) is 1.69. The molecule has 0 aliphatic heterocycles. The molecule has 0 aromatic heterocycles. The Balaban J connectivity index is 2.20. The molecule has 0 atom stereocenters. The van der Waals surface area contributed by atoms with Gasteiger partial charge in [0.15, 0.2) is 5.78 Å². The number of halogens is 1. The Morgan fingerprint density at radius 2 is 2.00 bits per heavy atom. The second kappa shape index (κ2) is 5.36. The van der Waals surface area contributed by atoms with Gasteiger partial charge in [-0.1, -0.05) is 23.7 Å². The van der Waals surface area contributed by atoms with Crippen LogP contribution in [0, 0.1) is 0 Å². The number of benzene rings is 1. The number of carbonyl (C=O) groups excluding carboxylic acids is 2. The summed E-state index contributed by atoms with van der Waals surface area (Å²) < 4.78 is 5.28. The van der Waals surface area contributed by atoms with E-state index in [0.29, 0.717) is 34.8 Å². The molecule has 18 heavy (non-hydrogen) atoms. The molecular formula is C14H13ClO3. The Bertz CT molecular complexity index is 532. The minimum Gasteiger partial charge on any atom is -0.427 e. The Kier molecular flexibility index (Phi) is 3.82. The van der Waals surface area contributed by atoms with E-state index in [1.807, 2.05) is 0 Å². The van der Waals surface area contributed by atoms with Gasteiger partial charge in [-0.05, 0) is 25.5 Å². The van der Waals surface area contributed by atoms with Crippen molar-refractivity contribution >= 4 is 23.4 Å². The Morgan fingerprint density at radius 1 is 1.28 bits per heavy atom. The van der Waals surface area contributed by atoms with Gasteiger partial charge in [-0.25, -0.2) is 4.79 Å². The Morgan fingerprint density at radius 3 is 2.72 bits per heavy atom. The van der Waals surface area contributed by atoms with Crippen LogP contribution in [0.4, 0.5) is 0 Å². The zero-order valence-electron chi connectivity index (χ0n) is 10.0. The van der Waals surface area contributed by atoms with E-state index in [2.05, 4.69) is 0 Å². The number of esters is 1. The molecule has 0 N–H and O–H groups in total. The highest BCUT2D eigenvalue weighted by atomic mass is 35.5. The van der Waals surface area contributed by atoms with Crippen LogP contribution in [0.5, 0.6) is 0 Å². The minimum atomic E-state index is -0.510. The molecule has 1 aliphatic rings. The molecular weight excluding hydrogens is 252 g/mol. The highest BCUT2D eigenvalue weighted by molar-refractivity contribution is 6.33. The maximum Gasteiger partial charge on any atom is 0.344 e. The molecule has 4 heteroatoms. The molecule has 0 bridgehead atoms. The summed E-state index contributed by atoms with van der Waals surface area (Å²) in [6.07, 6.45) is 1.87. The van der Waals surface area contributed by atoms with Crippen LogP contribution >= 0.6 is 11.6 Å². The first-order chi connectivity index (χ1) is 8.59. The summed E-state index contributed by atoms with van der Waals surface area (Å²) in [5, 5.41) is 0.350. The number of ketones is 1. The fraction of sp³-hybridized carbons (Fsp3) is 0.286. The van der Waals surface area contributed by atoms with Crippen molar-refractivity contribution in [2.75, 3.05) is 0 Å². The molecule has 0 radical (unpaired) electrons. The molecule has 0 spiro atoms. The van der Waals surface area contributed by atoms with E-state index >= 15 is 0 Å². The zero-order chi connectivity index (χ0) is 13.1. The lowest BCUT2D eigenvalue weighted by Crippen LogP contribution is -2.14. The largest absolute Gasteiger partial charge is 0.427 e. The lowest BCUT2D eigenvalue weighted by molar-refractivity contribution is -0.116. The van der Waals surface area contributed by atoms with Gasteiger partial charge in [-0.2, -0.15) is 0 Å². The van der Waals surface area contributed by atoms with E-state index in [9.17, 15) is 9.59 Å². The third-order valence-corrected chi connectivity index (χ3v) is 3.28. The topological polar surface area (TPSA) is 43.4 Å². The second-order valence-electron chi connectivity index (χ2n) is 4.19. The average Bonchev–Trinajstić information content (AvgIpc) is 2.35. The fourth-order valence-electron chi connectivity index (χ4n) is 1.86. The molecule has 1 aromatic carbocycles. The van der Waals surface area contributed by atoms with Crippen molar-refractivity contribution in [2.45, 2.75) is 26.2 Å². The van der Waals surface area contributed by atoms with E-state index in [1.165, 1.54) is 0 Å². The third kappa shape index (κ3) is 2.62. The first-order valence-corrected chi connectivity index (χ1v) is 6.17. The quantitative estimate of drug-likeness (QED) is 0.768. The maximum atomic E-state index is 11.9. The van der Waals surface area contributed by atoms with Crippen LogP contribution in [0.3, 0.4) is 0 Å². The molecule has 0 saturated heterocycles. The van der Waals surface area contributed by atoms with Gasteiger partial charge >= 0.3 is 5.97 Å². The molecule has 1 aliphatic carbocycles. The standard InChI is InChI=1S/C14H13ClO3/c1-9-12(16)7-4-8-13(9)18-14(17)10-5-2-3-6-11(10)15/h2-3,5-6H,4,7-8H2,1H3. The van der Waals surface area contributed by atoms with Crippen LogP contribution in [0.2, 0.25) is 5.02 Å². The summed E-state index contributed by atoms with van der Waals surface area (Å²) in [7, 11) is 0. The number of hydrogen-bond acceptors (Lipinski definition) is 3. The van der Waals surface area contributed by atoms with E-state index in [1.54, 1.807) is 31.2 Å². The van der Waals surface area contributed by atoms with Crippen LogP contribution in [-0.2, 0) is 9.53 Å². The number of hydrogen-bond donors (Lipinski definition) is 0. The van der Waals surface area contributed by atoms with Gasteiger partial charge in [-0.3, -0.25) is 4.79 Å². The Labute approximate surface area is 110 Å². The summed E-state index contributed by atoms with van der Waals surface area (Å²) in [5.41, 5.74) is 0.860. The fourth-order valence-corrected chi connectivity index (χ4v) is 2.07. The first-order valence-electron chi connectivity index (χ1n) is 5.79. The molecule has 3 nitrogen and oxygen atoms in total. The van der Waals surface area contributed by atoms with Crippen molar-refractivity contribution < 1.29 is 14.3 Å². The third-order valence-electron chi connectivity index (χ3n) is 2.95. The van der Waals surface area contributed by atoms with Crippen molar-refractivity contribution in [1.29, 1.82) is 0 Å². The number of rotatable bonds is 2. The van der Waals surface area contributed by atoms with Crippen LogP contribution in [-0.4, -0.2) is 11.8 Å². The van der Waals surface area contributed by atoms with Crippen LogP contribution in [0.15, 0.2) is 35.6 Å². The first kappa shape index (κ1) is 12.8. The van der Waals surface area contributed by atoms with E-state index < -0.39 is 5.97 Å². The van der Waals surface area contributed by atoms with Gasteiger partial charge in [-0.15, -0.1) is 0 Å². The van der Waals surface area contributed by atoms with Gasteiger partial charge in [0.1, 0.15) is 5.76 Å². The second-order valence-corrected chi connectivity index (χ2v) is 4.60. The summed E-state index contributed by atoms with van der Waals surface area (Å²) in [4.78, 5) is 23.4. The molecule has 0 heterocycles. The van der Waals surface area contributed by atoms with E-state index in [-0.39, 0.29) is 5.78 Å². The lowest BCUT2D eigenvalue weighted by atomic mass is 9.98. The SMILES string of the molecule is CC1=C(OC(=O)c2ccccc2Cl)CCCC1=O. The maximum absolute atomic E-state index is 11.9. The molecule has 1 aromatic rings. The summed E-state index contributed by atoms with van der Waals surface area (Å²) in [6, 6.07) is 6.69. The number of Topliss-reactive ketones (excluding diaryl/α,β-unsaturated/α-hetero) is 1. The number of ether oxygens (including phenoxy) is 1. The summed E-state index contributed by atoms with van der Waals surface area (Å²) >= 11 is 5.92. The van der Waals surface area contributed by atoms with Crippen molar-refractivity contribution in [1.82, 2.24) is 0 Å². The minimum absolute atomic E-state index is 0.0446. The normalized spacial score (nSPS) is 15.8.